The van der Waals surface area contributed by atoms with Crippen LogP contribution in [0.25, 0.3) is 11.3 Å². The molecule has 3 rings (SSSR count). The number of rotatable bonds is 6. The average molecular weight is 317 g/mol. The van der Waals surface area contributed by atoms with Gasteiger partial charge in [-0.05, 0) is 44.0 Å². The predicted molar refractivity (Wildman–Crippen MR) is 86.0 cm³/mol. The number of aromatic nitrogens is 3. The molecule has 0 saturated carbocycles. The molecule has 0 unspecified atom stereocenters. The Morgan fingerprint density at radius 2 is 2.14 bits per heavy atom. The third-order valence-electron chi connectivity index (χ3n) is 3.00. The SMILES string of the molecule is Cc1ccc(CCCOc2nsnc2-c2cccnc2)s1. The molecule has 0 radical (unpaired) electrons. The molecule has 4 nitrogen and oxygen atoms in total. The minimum absolute atomic E-state index is 0.607. The molecule has 0 aliphatic carbocycles. The predicted octanol–water partition coefficient (Wildman–Crippen LogP) is 3.98. The first-order valence-corrected chi connectivity index (χ1v) is 8.28. The molecule has 108 valence electrons. The minimum atomic E-state index is 0.607. The summed E-state index contributed by atoms with van der Waals surface area (Å²) in [5.74, 6) is 0.607. The second kappa shape index (κ2) is 6.78. The van der Waals surface area contributed by atoms with Crippen LogP contribution in [-0.2, 0) is 6.42 Å². The van der Waals surface area contributed by atoms with E-state index >= 15 is 0 Å². The summed E-state index contributed by atoms with van der Waals surface area (Å²) in [4.78, 5) is 6.86. The fourth-order valence-corrected chi connectivity index (χ4v) is 3.44. The van der Waals surface area contributed by atoms with Crippen molar-refractivity contribution in [3.05, 3.63) is 46.4 Å². The third-order valence-corrected chi connectivity index (χ3v) is 4.57. The summed E-state index contributed by atoms with van der Waals surface area (Å²) in [6.07, 6.45) is 5.53. The standard InChI is InChI=1S/C15H15N3OS2/c1-11-6-7-13(20-11)5-3-9-19-15-14(17-21-18-15)12-4-2-8-16-10-12/h2,4,6-8,10H,3,5,9H2,1H3. The van der Waals surface area contributed by atoms with Crippen LogP contribution in [0.15, 0.2) is 36.7 Å². The van der Waals surface area contributed by atoms with E-state index in [4.69, 9.17) is 4.74 Å². The summed E-state index contributed by atoms with van der Waals surface area (Å²) in [7, 11) is 0. The first kappa shape index (κ1) is 14.2. The molecule has 0 N–H and O–H groups in total. The Bertz CT molecular complexity index is 694. The Morgan fingerprint density at radius 3 is 2.90 bits per heavy atom. The zero-order chi connectivity index (χ0) is 14.5. The second-order valence-electron chi connectivity index (χ2n) is 4.62. The normalized spacial score (nSPS) is 10.7. The number of aryl methyl sites for hydroxylation is 2. The average Bonchev–Trinajstić information content (AvgIpc) is 3.13. The van der Waals surface area contributed by atoms with E-state index in [1.807, 2.05) is 23.5 Å². The summed E-state index contributed by atoms with van der Waals surface area (Å²) in [5, 5.41) is 0. The topological polar surface area (TPSA) is 47.9 Å². The number of nitrogens with zero attached hydrogens (tertiary/aromatic N) is 3. The lowest BCUT2D eigenvalue weighted by atomic mass is 10.2. The van der Waals surface area contributed by atoms with Crippen molar-refractivity contribution < 1.29 is 4.74 Å². The van der Waals surface area contributed by atoms with Crippen LogP contribution in [0.2, 0.25) is 0 Å². The molecular weight excluding hydrogens is 302 g/mol. The Labute approximate surface area is 131 Å². The number of hydrogen-bond acceptors (Lipinski definition) is 6. The molecule has 21 heavy (non-hydrogen) atoms. The van der Waals surface area contributed by atoms with Crippen LogP contribution >= 0.6 is 23.1 Å². The number of thiophene rings is 1. The molecule has 0 aliphatic heterocycles. The van der Waals surface area contributed by atoms with Gasteiger partial charge in [-0.2, -0.15) is 4.37 Å². The Hall–Kier alpha value is -1.79. The first-order chi connectivity index (χ1) is 10.3. The smallest absolute Gasteiger partial charge is 0.254 e. The molecule has 0 fully saturated rings. The maximum Gasteiger partial charge on any atom is 0.254 e. The molecule has 6 heteroatoms. The fraction of sp³-hybridized carbons (Fsp3) is 0.267. The van der Waals surface area contributed by atoms with Gasteiger partial charge >= 0.3 is 0 Å². The van der Waals surface area contributed by atoms with Crippen LogP contribution < -0.4 is 4.74 Å². The van der Waals surface area contributed by atoms with Gasteiger partial charge in [-0.1, -0.05) is 0 Å². The van der Waals surface area contributed by atoms with Crippen molar-refractivity contribution in [3.8, 4) is 17.1 Å². The first-order valence-electron chi connectivity index (χ1n) is 6.74. The van der Waals surface area contributed by atoms with E-state index in [9.17, 15) is 0 Å². The highest BCUT2D eigenvalue weighted by molar-refractivity contribution is 7.11. The van der Waals surface area contributed by atoms with Gasteiger partial charge < -0.3 is 4.74 Å². The summed E-state index contributed by atoms with van der Waals surface area (Å²) in [6.45, 7) is 2.78. The van der Waals surface area contributed by atoms with Crippen LogP contribution in [-0.4, -0.2) is 20.3 Å². The van der Waals surface area contributed by atoms with E-state index < -0.39 is 0 Å². The molecule has 0 atom stereocenters. The maximum absolute atomic E-state index is 5.77. The van der Waals surface area contributed by atoms with Crippen molar-refractivity contribution in [3.63, 3.8) is 0 Å². The third kappa shape index (κ3) is 3.65. The molecule has 0 amide bonds. The molecule has 3 aromatic rings. The summed E-state index contributed by atoms with van der Waals surface area (Å²) in [5.41, 5.74) is 1.72. The zero-order valence-electron chi connectivity index (χ0n) is 11.7. The lowest BCUT2D eigenvalue weighted by Crippen LogP contribution is -2.00. The fourth-order valence-electron chi connectivity index (χ4n) is 1.99. The molecule has 0 saturated heterocycles. The van der Waals surface area contributed by atoms with Crippen molar-refractivity contribution in [1.29, 1.82) is 0 Å². The Kier molecular flexibility index (Phi) is 4.57. The van der Waals surface area contributed by atoms with E-state index in [1.54, 1.807) is 12.4 Å². The van der Waals surface area contributed by atoms with Gasteiger partial charge in [0.25, 0.3) is 5.88 Å². The zero-order valence-corrected chi connectivity index (χ0v) is 13.3. The van der Waals surface area contributed by atoms with Crippen LogP contribution in [0, 0.1) is 6.92 Å². The highest BCUT2D eigenvalue weighted by atomic mass is 32.1. The largest absolute Gasteiger partial charge is 0.475 e. The quantitative estimate of drug-likeness (QED) is 0.645. The van der Waals surface area contributed by atoms with Crippen LogP contribution in [0.4, 0.5) is 0 Å². The molecule has 0 aromatic carbocycles. The number of hydrogen-bond donors (Lipinski definition) is 0. The van der Waals surface area contributed by atoms with E-state index in [2.05, 4.69) is 32.8 Å². The van der Waals surface area contributed by atoms with Crippen molar-refractivity contribution >= 4 is 23.1 Å². The van der Waals surface area contributed by atoms with Crippen LogP contribution in [0.3, 0.4) is 0 Å². The van der Waals surface area contributed by atoms with Crippen molar-refractivity contribution in [2.24, 2.45) is 0 Å². The molecule has 3 heterocycles. The van der Waals surface area contributed by atoms with Gasteiger partial charge in [0.2, 0.25) is 0 Å². The number of pyridine rings is 1. The van der Waals surface area contributed by atoms with Crippen molar-refractivity contribution in [1.82, 2.24) is 13.7 Å². The molecule has 0 bridgehead atoms. The van der Waals surface area contributed by atoms with Gasteiger partial charge in [0.1, 0.15) is 5.69 Å². The molecule has 3 aromatic heterocycles. The van der Waals surface area contributed by atoms with Gasteiger partial charge in [0.05, 0.1) is 18.3 Å². The maximum atomic E-state index is 5.77. The van der Waals surface area contributed by atoms with E-state index in [0.717, 1.165) is 24.1 Å². The van der Waals surface area contributed by atoms with Crippen molar-refractivity contribution in [2.45, 2.75) is 19.8 Å². The lowest BCUT2D eigenvalue weighted by Gasteiger charge is -2.04. The lowest BCUT2D eigenvalue weighted by molar-refractivity contribution is 0.303. The van der Waals surface area contributed by atoms with Gasteiger partial charge in [0, 0.05) is 27.7 Å². The van der Waals surface area contributed by atoms with E-state index in [1.165, 1.54) is 21.5 Å². The minimum Gasteiger partial charge on any atom is -0.475 e. The Morgan fingerprint density at radius 1 is 1.19 bits per heavy atom. The van der Waals surface area contributed by atoms with Crippen molar-refractivity contribution in [2.75, 3.05) is 6.61 Å². The van der Waals surface area contributed by atoms with Gasteiger partial charge in [-0.15, -0.1) is 15.7 Å². The summed E-state index contributed by atoms with van der Waals surface area (Å²) < 4.78 is 14.3. The van der Waals surface area contributed by atoms with Gasteiger partial charge in [-0.3, -0.25) is 4.98 Å². The van der Waals surface area contributed by atoms with E-state index in [0.29, 0.717) is 12.5 Å². The molecule has 0 spiro atoms. The van der Waals surface area contributed by atoms with Crippen LogP contribution in [0.1, 0.15) is 16.2 Å². The van der Waals surface area contributed by atoms with Gasteiger partial charge in [0.15, 0.2) is 0 Å². The molecular formula is C15H15N3OS2. The van der Waals surface area contributed by atoms with Gasteiger partial charge in [-0.25, -0.2) is 0 Å². The van der Waals surface area contributed by atoms with Crippen LogP contribution in [0.5, 0.6) is 5.88 Å². The summed E-state index contributed by atoms with van der Waals surface area (Å²) in [6, 6.07) is 8.19. The highest BCUT2D eigenvalue weighted by Gasteiger charge is 2.11. The second-order valence-corrected chi connectivity index (χ2v) is 6.52. The summed E-state index contributed by atoms with van der Waals surface area (Å²) >= 11 is 3.01. The highest BCUT2D eigenvalue weighted by Crippen LogP contribution is 2.27. The van der Waals surface area contributed by atoms with E-state index in [-0.39, 0.29) is 0 Å². The monoisotopic (exact) mass is 317 g/mol. The molecule has 0 aliphatic rings. The number of ether oxygens (including phenoxy) is 1. The Balaban J connectivity index is 1.55.